The van der Waals surface area contributed by atoms with Crippen LogP contribution in [-0.2, 0) is 23.4 Å². The van der Waals surface area contributed by atoms with Crippen LogP contribution in [0.5, 0.6) is 0 Å². The molecule has 0 bridgehead atoms. The van der Waals surface area contributed by atoms with E-state index < -0.39 is 26.2 Å². The second-order valence-electron chi connectivity index (χ2n) is 2.08. The van der Waals surface area contributed by atoms with Gasteiger partial charge in [-0.3, -0.25) is 14.6 Å². The van der Waals surface area contributed by atoms with Gasteiger partial charge in [-0.25, -0.2) is 9.36 Å². The molecule has 15 heavy (non-hydrogen) atoms. The van der Waals surface area contributed by atoms with Gasteiger partial charge in [-0.05, 0) is 0 Å². The van der Waals surface area contributed by atoms with E-state index >= 15 is 0 Å². The molecule has 0 aliphatic rings. The normalized spacial score (nSPS) is 9.73. The van der Waals surface area contributed by atoms with Gasteiger partial charge in [0.2, 0.25) is 0 Å². The molecule has 0 unspecified atom stereocenters. The third-order valence-corrected chi connectivity index (χ3v) is 1.38. The molecule has 0 heterocycles. The number of rotatable bonds is 5. The summed E-state index contributed by atoms with van der Waals surface area (Å²) in [5, 5.41) is 0. The van der Waals surface area contributed by atoms with E-state index in [2.05, 4.69) is 15.8 Å². The van der Waals surface area contributed by atoms with Crippen LogP contribution >= 0.6 is 7.82 Å². The van der Waals surface area contributed by atoms with Crippen molar-refractivity contribution in [2.24, 2.45) is 0 Å². The molecule has 0 saturated carbocycles. The first kappa shape index (κ1) is 17.2. The average molecular weight is 248 g/mol. The van der Waals surface area contributed by atoms with Crippen molar-refractivity contribution >= 4 is 49.3 Å². The number of carbonyl (C=O) groups excluding carboxylic acids is 2. The maximum atomic E-state index is 10.6. The Morgan fingerprint density at radius 2 is 1.93 bits per heavy atom. The molecule has 0 aromatic carbocycles. The van der Waals surface area contributed by atoms with Crippen LogP contribution in [0.3, 0.4) is 0 Å². The van der Waals surface area contributed by atoms with Crippen LogP contribution in [0.2, 0.25) is 0 Å². The third kappa shape index (κ3) is 11.8. The molecular weight excluding hydrogens is 238 g/mol. The van der Waals surface area contributed by atoms with Crippen molar-refractivity contribution in [2.75, 3.05) is 6.61 Å². The Kier molecular flexibility index (Phi) is 9.23. The summed E-state index contributed by atoms with van der Waals surface area (Å²) in [4.78, 5) is 37.4. The topological polar surface area (TPSA) is 110 Å². The minimum atomic E-state index is -4.80. The van der Waals surface area contributed by atoms with E-state index in [1.807, 2.05) is 0 Å². The zero-order chi connectivity index (χ0) is 11.2. The first-order chi connectivity index (χ1) is 6.35. The fourth-order valence-electron chi connectivity index (χ4n) is 0.472. The van der Waals surface area contributed by atoms with Gasteiger partial charge in [0.05, 0.1) is 6.42 Å². The van der Waals surface area contributed by atoms with Gasteiger partial charge in [0, 0.05) is 6.08 Å². The van der Waals surface area contributed by atoms with Crippen molar-refractivity contribution in [1.82, 2.24) is 0 Å². The van der Waals surface area contributed by atoms with Crippen molar-refractivity contribution in [1.29, 1.82) is 0 Å². The van der Waals surface area contributed by atoms with Gasteiger partial charge in [0.15, 0.2) is 0 Å². The number of carbonyl (C=O) groups is 2. The van der Waals surface area contributed by atoms with Crippen molar-refractivity contribution < 1.29 is 33.2 Å². The number of phosphoric acid groups is 1. The molecule has 0 fully saturated rings. The van der Waals surface area contributed by atoms with Gasteiger partial charge in [-0.15, -0.1) is 0 Å². The molecule has 0 amide bonds. The minimum absolute atomic E-state index is 0. The van der Waals surface area contributed by atoms with E-state index in [9.17, 15) is 14.2 Å². The summed E-state index contributed by atoms with van der Waals surface area (Å²) in [5.74, 6) is -1.87. The fourth-order valence-corrected chi connectivity index (χ4v) is 0.829. The zero-order valence-corrected chi connectivity index (χ0v) is 7.98. The zero-order valence-electron chi connectivity index (χ0n) is 7.08. The van der Waals surface area contributed by atoms with Gasteiger partial charge in [0.25, 0.3) is 0 Å². The molecule has 0 radical (unpaired) electrons. The Morgan fingerprint density at radius 3 is 2.33 bits per heavy atom. The molecule has 82 valence electrons. The third-order valence-electron chi connectivity index (χ3n) is 0.938. The van der Waals surface area contributed by atoms with E-state index in [0.717, 1.165) is 6.08 Å². The molecule has 7 nitrogen and oxygen atoms in total. The van der Waals surface area contributed by atoms with Crippen LogP contribution in [-0.4, -0.2) is 57.9 Å². The fraction of sp³-hybridized carbons (Fsp3) is 0.333. The number of phosphoric ester groups is 1. The quantitative estimate of drug-likeness (QED) is 0.280. The van der Waals surface area contributed by atoms with Crippen molar-refractivity contribution in [3.05, 3.63) is 12.7 Å². The molecule has 0 aliphatic heterocycles. The summed E-state index contributed by atoms with van der Waals surface area (Å²) in [7, 11) is -4.80. The standard InChI is InChI=1S/C6H9O7P.Na.H/c1-2-5(7)12-4-3-6(8)13-14(9,10)11;;/h2H,1,3-4H2,(H2,9,10,11);;. The summed E-state index contributed by atoms with van der Waals surface area (Å²) in [6, 6.07) is 0. The number of ether oxygens (including phenoxy) is 1. The summed E-state index contributed by atoms with van der Waals surface area (Å²) >= 11 is 0. The van der Waals surface area contributed by atoms with E-state index in [-0.39, 0.29) is 36.2 Å². The van der Waals surface area contributed by atoms with Crippen LogP contribution < -0.4 is 0 Å². The molecule has 0 atom stereocenters. The SMILES string of the molecule is C=CC(=O)OCCC(=O)OP(=O)(O)O.[NaH]. The predicted octanol–water partition coefficient (Wildman–Crippen LogP) is -0.907. The van der Waals surface area contributed by atoms with E-state index in [1.54, 1.807) is 0 Å². The van der Waals surface area contributed by atoms with Crippen LogP contribution in [0.15, 0.2) is 12.7 Å². The predicted molar refractivity (Wildman–Crippen MR) is 51.1 cm³/mol. The van der Waals surface area contributed by atoms with Crippen LogP contribution in [0.4, 0.5) is 0 Å². The Hall–Kier alpha value is -0.170. The van der Waals surface area contributed by atoms with Crippen molar-refractivity contribution in [3.8, 4) is 0 Å². The summed E-state index contributed by atoms with van der Waals surface area (Å²) < 4.78 is 18.2. The van der Waals surface area contributed by atoms with Crippen LogP contribution in [0, 0.1) is 0 Å². The molecule has 0 saturated heterocycles. The van der Waals surface area contributed by atoms with Gasteiger partial charge in [-0.2, -0.15) is 0 Å². The Bertz CT molecular complexity index is 283. The van der Waals surface area contributed by atoms with E-state index in [4.69, 9.17) is 9.79 Å². The molecule has 0 aliphatic carbocycles. The Morgan fingerprint density at radius 1 is 1.40 bits per heavy atom. The molecule has 9 heteroatoms. The van der Waals surface area contributed by atoms with Gasteiger partial charge in [0.1, 0.15) is 6.61 Å². The van der Waals surface area contributed by atoms with Gasteiger partial charge >= 0.3 is 49.3 Å². The molecule has 0 aromatic heterocycles. The van der Waals surface area contributed by atoms with Gasteiger partial charge < -0.3 is 9.26 Å². The monoisotopic (exact) mass is 248 g/mol. The first-order valence-corrected chi connectivity index (χ1v) is 4.95. The average Bonchev–Trinajstić information content (AvgIpc) is 2.00. The van der Waals surface area contributed by atoms with E-state index in [1.165, 1.54) is 0 Å². The molecule has 0 rings (SSSR count). The molecule has 0 aromatic rings. The van der Waals surface area contributed by atoms with Crippen molar-refractivity contribution in [2.45, 2.75) is 6.42 Å². The molecular formula is C6H10NaO7P. The second kappa shape index (κ2) is 8.04. The summed E-state index contributed by atoms with van der Waals surface area (Å²) in [6.45, 7) is 2.79. The van der Waals surface area contributed by atoms with Crippen LogP contribution in [0.1, 0.15) is 6.42 Å². The van der Waals surface area contributed by atoms with Crippen LogP contribution in [0.25, 0.3) is 0 Å². The Balaban J connectivity index is 0. The van der Waals surface area contributed by atoms with Gasteiger partial charge in [-0.1, -0.05) is 6.58 Å². The first-order valence-electron chi connectivity index (χ1n) is 3.42. The number of esters is 1. The molecule has 2 N–H and O–H groups in total. The van der Waals surface area contributed by atoms with E-state index in [0.29, 0.717) is 0 Å². The summed E-state index contributed by atoms with van der Waals surface area (Å²) in [5.41, 5.74) is 0. The summed E-state index contributed by atoms with van der Waals surface area (Å²) in [6.07, 6.45) is 0.471. The number of hydrogen-bond acceptors (Lipinski definition) is 5. The molecule has 0 spiro atoms. The Labute approximate surface area is 108 Å². The van der Waals surface area contributed by atoms with Crippen molar-refractivity contribution in [3.63, 3.8) is 0 Å². The second-order valence-corrected chi connectivity index (χ2v) is 3.24. The number of hydrogen-bond donors (Lipinski definition) is 2. The maximum absolute atomic E-state index is 10.6.